The Morgan fingerprint density at radius 3 is 2.48 bits per heavy atom. The van der Waals surface area contributed by atoms with Gasteiger partial charge in [-0.3, -0.25) is 9.59 Å². The second-order valence-corrected chi connectivity index (χ2v) is 6.44. The van der Waals surface area contributed by atoms with E-state index < -0.39 is 17.9 Å². The van der Waals surface area contributed by atoms with Crippen molar-refractivity contribution in [3.05, 3.63) is 65.9 Å². The molecule has 0 aliphatic rings. The number of fused-ring (bicyclic) bond motifs is 1. The van der Waals surface area contributed by atoms with Crippen LogP contribution in [-0.4, -0.2) is 28.0 Å². The first kappa shape index (κ1) is 18.7. The molecule has 6 heteroatoms. The molecule has 0 saturated heterocycles. The van der Waals surface area contributed by atoms with Crippen LogP contribution in [-0.2, 0) is 23.1 Å². The van der Waals surface area contributed by atoms with Gasteiger partial charge in [0.15, 0.2) is 0 Å². The van der Waals surface area contributed by atoms with Crippen LogP contribution >= 0.6 is 0 Å². The van der Waals surface area contributed by atoms with Crippen LogP contribution in [0.2, 0.25) is 0 Å². The molecule has 0 radical (unpaired) electrons. The van der Waals surface area contributed by atoms with Gasteiger partial charge in [-0.25, -0.2) is 0 Å². The smallest absolute Gasteiger partial charge is 0.313 e. The summed E-state index contributed by atoms with van der Waals surface area (Å²) >= 11 is 0. The van der Waals surface area contributed by atoms with E-state index in [1.807, 2.05) is 61.1 Å². The van der Waals surface area contributed by atoms with Gasteiger partial charge in [0.25, 0.3) is 0 Å². The number of amides is 2. The van der Waals surface area contributed by atoms with E-state index in [-0.39, 0.29) is 6.54 Å². The van der Waals surface area contributed by atoms with Gasteiger partial charge in [0.05, 0.1) is 6.10 Å². The summed E-state index contributed by atoms with van der Waals surface area (Å²) in [5.41, 5.74) is 3.41. The molecule has 140 valence electrons. The number of aliphatic hydroxyl groups excluding tert-OH is 1. The second kappa shape index (κ2) is 8.05. The molecule has 2 aromatic carbocycles. The van der Waals surface area contributed by atoms with Crippen molar-refractivity contribution < 1.29 is 14.7 Å². The number of carbonyl (C=O) groups excluding carboxylic acids is 2. The third-order valence-electron chi connectivity index (χ3n) is 4.57. The van der Waals surface area contributed by atoms with Gasteiger partial charge in [-0.05, 0) is 30.2 Å². The van der Waals surface area contributed by atoms with Gasteiger partial charge in [-0.2, -0.15) is 0 Å². The number of nitrogens with zero attached hydrogens (tertiary/aromatic N) is 1. The highest BCUT2D eigenvalue weighted by Gasteiger charge is 2.18. The summed E-state index contributed by atoms with van der Waals surface area (Å²) in [6.07, 6.45) is 1.83. The molecule has 3 rings (SSSR count). The van der Waals surface area contributed by atoms with Crippen molar-refractivity contribution in [2.24, 2.45) is 7.05 Å². The molecule has 0 aliphatic heterocycles. The molecular formula is C21H23N3O3. The summed E-state index contributed by atoms with van der Waals surface area (Å²) in [5, 5.41) is 16.4. The third kappa shape index (κ3) is 4.17. The summed E-state index contributed by atoms with van der Waals surface area (Å²) in [4.78, 5) is 24.1. The average molecular weight is 365 g/mol. The van der Waals surface area contributed by atoms with Crippen LogP contribution in [0.1, 0.15) is 24.2 Å². The van der Waals surface area contributed by atoms with Gasteiger partial charge < -0.3 is 20.3 Å². The van der Waals surface area contributed by atoms with Crippen LogP contribution in [0.5, 0.6) is 0 Å². The molecule has 0 fully saturated rings. The topological polar surface area (TPSA) is 83.4 Å². The lowest BCUT2D eigenvalue weighted by Crippen LogP contribution is -2.37. The number of para-hydroxylation sites is 1. The van der Waals surface area contributed by atoms with Gasteiger partial charge in [0, 0.05) is 41.9 Å². The Hall–Kier alpha value is -3.12. The number of benzene rings is 2. The van der Waals surface area contributed by atoms with Gasteiger partial charge in [-0.1, -0.05) is 37.3 Å². The fraction of sp³-hybridized carbons (Fsp3) is 0.238. The number of aryl methyl sites for hydroxylation is 2. The summed E-state index contributed by atoms with van der Waals surface area (Å²) in [5.74, 6) is -1.54. The van der Waals surface area contributed by atoms with Crippen molar-refractivity contribution in [3.8, 4) is 0 Å². The summed E-state index contributed by atoms with van der Waals surface area (Å²) in [7, 11) is 1.90. The fourth-order valence-electron chi connectivity index (χ4n) is 3.03. The summed E-state index contributed by atoms with van der Waals surface area (Å²) in [6, 6.07) is 15.0. The first-order valence-electron chi connectivity index (χ1n) is 8.89. The SMILES string of the molecule is CCc1ccc(NC(=O)C(=O)NCC(O)c2cn(C)c3ccccc23)cc1. The highest BCUT2D eigenvalue weighted by atomic mass is 16.3. The van der Waals surface area contributed by atoms with E-state index in [4.69, 9.17) is 0 Å². The highest BCUT2D eigenvalue weighted by Crippen LogP contribution is 2.25. The minimum atomic E-state index is -0.906. The number of hydrogen-bond donors (Lipinski definition) is 3. The maximum atomic E-state index is 12.0. The molecule has 2 amide bonds. The van der Waals surface area contributed by atoms with Crippen LogP contribution < -0.4 is 10.6 Å². The van der Waals surface area contributed by atoms with Crippen LogP contribution in [0, 0.1) is 0 Å². The molecule has 0 spiro atoms. The fourth-order valence-corrected chi connectivity index (χ4v) is 3.03. The van der Waals surface area contributed by atoms with Crippen molar-refractivity contribution in [3.63, 3.8) is 0 Å². The number of carbonyl (C=O) groups is 2. The molecule has 1 heterocycles. The molecule has 3 N–H and O–H groups in total. The largest absolute Gasteiger partial charge is 0.386 e. The predicted molar refractivity (Wildman–Crippen MR) is 105 cm³/mol. The Balaban J connectivity index is 1.59. The van der Waals surface area contributed by atoms with E-state index in [1.165, 1.54) is 0 Å². The van der Waals surface area contributed by atoms with E-state index in [0.29, 0.717) is 11.3 Å². The normalized spacial score (nSPS) is 12.0. The number of hydrogen-bond acceptors (Lipinski definition) is 3. The van der Waals surface area contributed by atoms with Crippen LogP contribution in [0.3, 0.4) is 0 Å². The van der Waals surface area contributed by atoms with Crippen molar-refractivity contribution >= 4 is 28.4 Å². The highest BCUT2D eigenvalue weighted by molar-refractivity contribution is 6.39. The zero-order valence-corrected chi connectivity index (χ0v) is 15.4. The van der Waals surface area contributed by atoms with Crippen molar-refractivity contribution in [2.75, 3.05) is 11.9 Å². The van der Waals surface area contributed by atoms with Gasteiger partial charge in [0.1, 0.15) is 0 Å². The van der Waals surface area contributed by atoms with Gasteiger partial charge in [0.2, 0.25) is 0 Å². The summed E-state index contributed by atoms with van der Waals surface area (Å²) < 4.78 is 1.92. The van der Waals surface area contributed by atoms with E-state index in [9.17, 15) is 14.7 Å². The van der Waals surface area contributed by atoms with E-state index in [0.717, 1.165) is 22.9 Å². The monoisotopic (exact) mass is 365 g/mol. The van der Waals surface area contributed by atoms with E-state index >= 15 is 0 Å². The average Bonchev–Trinajstić information content (AvgIpc) is 3.03. The molecule has 1 atom stereocenters. The molecule has 3 aromatic rings. The van der Waals surface area contributed by atoms with Crippen LogP contribution in [0.4, 0.5) is 5.69 Å². The quantitative estimate of drug-likeness (QED) is 0.608. The Bertz CT molecular complexity index is 960. The molecule has 0 aliphatic carbocycles. The minimum absolute atomic E-state index is 0.0466. The Morgan fingerprint density at radius 2 is 1.78 bits per heavy atom. The molecule has 0 saturated carbocycles. The first-order valence-corrected chi connectivity index (χ1v) is 8.89. The zero-order valence-electron chi connectivity index (χ0n) is 15.4. The van der Waals surface area contributed by atoms with Crippen molar-refractivity contribution in [2.45, 2.75) is 19.4 Å². The third-order valence-corrected chi connectivity index (χ3v) is 4.57. The molecule has 1 unspecified atom stereocenters. The number of rotatable bonds is 5. The number of nitrogens with one attached hydrogen (secondary N) is 2. The number of aliphatic hydroxyl groups is 1. The lowest BCUT2D eigenvalue weighted by molar-refractivity contribution is -0.136. The Morgan fingerprint density at radius 1 is 1.07 bits per heavy atom. The van der Waals surface area contributed by atoms with Gasteiger partial charge in [-0.15, -0.1) is 0 Å². The second-order valence-electron chi connectivity index (χ2n) is 6.44. The number of aromatic nitrogens is 1. The number of anilines is 1. The van der Waals surface area contributed by atoms with Crippen LogP contribution in [0.15, 0.2) is 54.7 Å². The summed E-state index contributed by atoms with van der Waals surface area (Å²) in [6.45, 7) is 2.00. The zero-order chi connectivity index (χ0) is 19.4. The maximum Gasteiger partial charge on any atom is 0.313 e. The van der Waals surface area contributed by atoms with Gasteiger partial charge >= 0.3 is 11.8 Å². The molecular weight excluding hydrogens is 342 g/mol. The maximum absolute atomic E-state index is 12.0. The Kier molecular flexibility index (Phi) is 5.57. The standard InChI is InChI=1S/C21H23N3O3/c1-3-14-8-10-15(11-9-14)23-21(27)20(26)22-12-19(25)17-13-24(2)18-7-5-4-6-16(17)18/h4-11,13,19,25H,3,12H2,1-2H3,(H,22,26)(H,23,27). The Labute approximate surface area is 157 Å². The molecule has 6 nitrogen and oxygen atoms in total. The van der Waals surface area contributed by atoms with E-state index in [2.05, 4.69) is 10.6 Å². The lowest BCUT2D eigenvalue weighted by atomic mass is 10.1. The first-order chi connectivity index (χ1) is 13.0. The minimum Gasteiger partial charge on any atom is -0.386 e. The molecule has 1 aromatic heterocycles. The van der Waals surface area contributed by atoms with Crippen molar-refractivity contribution in [1.29, 1.82) is 0 Å². The lowest BCUT2D eigenvalue weighted by Gasteiger charge is -2.11. The van der Waals surface area contributed by atoms with Crippen molar-refractivity contribution in [1.82, 2.24) is 9.88 Å². The molecule has 0 bridgehead atoms. The predicted octanol–water partition coefficient (Wildman–Crippen LogP) is 2.53. The van der Waals surface area contributed by atoms with E-state index in [1.54, 1.807) is 12.1 Å². The van der Waals surface area contributed by atoms with Crippen LogP contribution in [0.25, 0.3) is 10.9 Å². The molecule has 27 heavy (non-hydrogen) atoms.